The van der Waals surface area contributed by atoms with Crippen LogP contribution < -0.4 is 10.6 Å². The molecule has 4 aliphatic carbocycles. The van der Waals surface area contributed by atoms with Crippen LogP contribution in [0.25, 0.3) is 0 Å². The van der Waals surface area contributed by atoms with Gasteiger partial charge < -0.3 is 15.5 Å². The van der Waals surface area contributed by atoms with Crippen molar-refractivity contribution >= 4 is 5.91 Å². The zero-order chi connectivity index (χ0) is 19.2. The minimum Gasteiger partial charge on any atom is -0.333 e. The summed E-state index contributed by atoms with van der Waals surface area (Å²) in [6, 6.07) is 8.46. The van der Waals surface area contributed by atoms with Gasteiger partial charge in [0, 0.05) is 24.2 Å². The Morgan fingerprint density at radius 2 is 1.64 bits per heavy atom. The van der Waals surface area contributed by atoms with Gasteiger partial charge in [0.1, 0.15) is 0 Å². The fourth-order valence-corrected chi connectivity index (χ4v) is 7.09. The SMILES string of the molecule is CCCCNC12CC3CC(C1)CC(NCC(=O)N1Cc4ccccc4C1)(C3)C2. The second kappa shape index (κ2) is 7.14. The van der Waals surface area contributed by atoms with Crippen LogP contribution in [0.4, 0.5) is 0 Å². The first kappa shape index (κ1) is 18.6. The number of nitrogens with zero attached hydrogens (tertiary/aromatic N) is 1. The maximum Gasteiger partial charge on any atom is 0.237 e. The van der Waals surface area contributed by atoms with E-state index in [0.717, 1.165) is 31.5 Å². The van der Waals surface area contributed by atoms with E-state index in [1.807, 2.05) is 4.90 Å². The second-order valence-corrected chi connectivity index (χ2v) is 10.2. The molecule has 1 aromatic carbocycles. The first-order valence-electron chi connectivity index (χ1n) is 11.4. The van der Waals surface area contributed by atoms with Crippen molar-refractivity contribution in [3.8, 4) is 0 Å². The topological polar surface area (TPSA) is 44.4 Å². The number of hydrogen-bond acceptors (Lipinski definition) is 3. The largest absolute Gasteiger partial charge is 0.333 e. The van der Waals surface area contributed by atoms with E-state index in [2.05, 4.69) is 41.8 Å². The first-order valence-corrected chi connectivity index (χ1v) is 11.4. The van der Waals surface area contributed by atoms with Gasteiger partial charge in [0.15, 0.2) is 0 Å². The molecule has 28 heavy (non-hydrogen) atoms. The molecule has 0 saturated heterocycles. The lowest BCUT2D eigenvalue weighted by atomic mass is 9.50. The van der Waals surface area contributed by atoms with E-state index in [4.69, 9.17) is 0 Å². The molecule has 1 amide bonds. The van der Waals surface area contributed by atoms with E-state index >= 15 is 0 Å². The summed E-state index contributed by atoms with van der Waals surface area (Å²) in [4.78, 5) is 15.0. The third-order valence-corrected chi connectivity index (χ3v) is 7.90. The van der Waals surface area contributed by atoms with E-state index in [1.54, 1.807) is 0 Å². The number of carbonyl (C=O) groups is 1. The molecule has 6 rings (SSSR count). The molecule has 0 aromatic heterocycles. The molecule has 152 valence electrons. The molecule has 2 unspecified atom stereocenters. The van der Waals surface area contributed by atoms with Crippen LogP contribution in [0.3, 0.4) is 0 Å². The maximum absolute atomic E-state index is 12.9. The Morgan fingerprint density at radius 1 is 1.04 bits per heavy atom. The van der Waals surface area contributed by atoms with Crippen LogP contribution in [-0.2, 0) is 17.9 Å². The summed E-state index contributed by atoms with van der Waals surface area (Å²) in [7, 11) is 0. The number of hydrogen-bond donors (Lipinski definition) is 2. The summed E-state index contributed by atoms with van der Waals surface area (Å²) in [6.07, 6.45) is 10.4. The van der Waals surface area contributed by atoms with Gasteiger partial charge in [0.25, 0.3) is 0 Å². The minimum absolute atomic E-state index is 0.186. The van der Waals surface area contributed by atoms with Gasteiger partial charge >= 0.3 is 0 Å². The smallest absolute Gasteiger partial charge is 0.237 e. The summed E-state index contributed by atoms with van der Waals surface area (Å²) in [6.45, 7) is 5.47. The maximum atomic E-state index is 12.9. The van der Waals surface area contributed by atoms with Crippen molar-refractivity contribution in [2.75, 3.05) is 13.1 Å². The van der Waals surface area contributed by atoms with E-state index in [9.17, 15) is 4.79 Å². The average Bonchev–Trinajstić information content (AvgIpc) is 3.09. The molecule has 4 saturated carbocycles. The third kappa shape index (κ3) is 3.39. The van der Waals surface area contributed by atoms with Crippen LogP contribution in [0, 0.1) is 11.8 Å². The third-order valence-electron chi connectivity index (χ3n) is 7.90. The highest BCUT2D eigenvalue weighted by molar-refractivity contribution is 5.79. The molecule has 1 aromatic rings. The molecule has 4 fully saturated rings. The van der Waals surface area contributed by atoms with Crippen molar-refractivity contribution in [2.45, 2.75) is 82.5 Å². The van der Waals surface area contributed by atoms with Gasteiger partial charge in [0.05, 0.1) is 6.54 Å². The van der Waals surface area contributed by atoms with E-state index in [-0.39, 0.29) is 11.4 Å². The van der Waals surface area contributed by atoms with Crippen molar-refractivity contribution in [2.24, 2.45) is 11.8 Å². The van der Waals surface area contributed by atoms with E-state index < -0.39 is 0 Å². The summed E-state index contributed by atoms with van der Waals surface area (Å²) in [5.41, 5.74) is 3.14. The number of nitrogens with one attached hydrogen (secondary N) is 2. The quantitative estimate of drug-likeness (QED) is 0.710. The van der Waals surface area contributed by atoms with Crippen LogP contribution in [-0.4, -0.2) is 35.0 Å². The number of rotatable bonds is 7. The minimum atomic E-state index is 0.186. The molecule has 1 heterocycles. The first-order chi connectivity index (χ1) is 13.6. The van der Waals surface area contributed by atoms with Gasteiger partial charge in [-0.15, -0.1) is 0 Å². The van der Waals surface area contributed by atoms with Gasteiger partial charge in [-0.3, -0.25) is 4.79 Å². The van der Waals surface area contributed by atoms with Gasteiger partial charge in [-0.2, -0.15) is 0 Å². The Labute approximate surface area is 169 Å². The molecule has 0 spiro atoms. The molecule has 1 aliphatic heterocycles. The van der Waals surface area contributed by atoms with Crippen LogP contribution in [0.1, 0.15) is 69.4 Å². The number of unbranched alkanes of at least 4 members (excludes halogenated alkanes) is 1. The van der Waals surface area contributed by atoms with Gasteiger partial charge in [-0.25, -0.2) is 0 Å². The van der Waals surface area contributed by atoms with E-state index in [1.165, 1.54) is 62.5 Å². The van der Waals surface area contributed by atoms with Crippen LogP contribution in [0.5, 0.6) is 0 Å². The highest BCUT2D eigenvalue weighted by Gasteiger charge is 2.57. The average molecular weight is 382 g/mol. The lowest BCUT2D eigenvalue weighted by Crippen LogP contribution is -2.69. The molecule has 5 aliphatic rings. The van der Waals surface area contributed by atoms with Crippen molar-refractivity contribution in [1.29, 1.82) is 0 Å². The molecule has 2 N–H and O–H groups in total. The Balaban J connectivity index is 1.22. The molecular weight excluding hydrogens is 346 g/mol. The molecule has 4 heteroatoms. The fourth-order valence-electron chi connectivity index (χ4n) is 7.09. The van der Waals surface area contributed by atoms with Crippen molar-refractivity contribution in [3.63, 3.8) is 0 Å². The molecular formula is C24H35N3O. The summed E-state index contributed by atoms with van der Waals surface area (Å²) >= 11 is 0. The highest BCUT2D eigenvalue weighted by Crippen LogP contribution is 2.57. The Bertz CT molecular complexity index is 706. The lowest BCUT2D eigenvalue weighted by molar-refractivity contribution is -0.132. The van der Waals surface area contributed by atoms with Crippen LogP contribution in [0.15, 0.2) is 24.3 Å². The number of amides is 1. The van der Waals surface area contributed by atoms with Gasteiger partial charge in [-0.05, 0) is 74.5 Å². The van der Waals surface area contributed by atoms with Crippen molar-refractivity contribution in [1.82, 2.24) is 15.5 Å². The molecule has 0 radical (unpaired) electrons. The number of fused-ring (bicyclic) bond motifs is 1. The summed E-state index contributed by atoms with van der Waals surface area (Å²) in [5.74, 6) is 1.95. The van der Waals surface area contributed by atoms with Crippen molar-refractivity contribution in [3.05, 3.63) is 35.4 Å². The number of benzene rings is 1. The standard InChI is InChI=1S/C24H35N3O/c1-2-3-8-25-23-10-18-9-19(11-23)13-24(12-18,17-23)26-14-22(28)27-15-20-6-4-5-7-21(20)16-27/h4-7,18-19,25-26H,2-3,8-17H2,1H3. The molecule has 2 atom stereocenters. The molecule has 4 bridgehead atoms. The van der Waals surface area contributed by atoms with Crippen LogP contribution >= 0.6 is 0 Å². The summed E-state index contributed by atoms with van der Waals surface area (Å²) in [5, 5.41) is 7.79. The zero-order valence-electron chi connectivity index (χ0n) is 17.3. The van der Waals surface area contributed by atoms with Crippen molar-refractivity contribution < 1.29 is 4.79 Å². The van der Waals surface area contributed by atoms with Crippen LogP contribution in [0.2, 0.25) is 0 Å². The van der Waals surface area contributed by atoms with E-state index in [0.29, 0.717) is 12.1 Å². The zero-order valence-corrected chi connectivity index (χ0v) is 17.3. The second-order valence-electron chi connectivity index (χ2n) is 10.2. The Morgan fingerprint density at radius 3 is 2.25 bits per heavy atom. The normalized spacial score (nSPS) is 35.4. The van der Waals surface area contributed by atoms with Gasteiger partial charge in [-0.1, -0.05) is 37.6 Å². The lowest BCUT2D eigenvalue weighted by Gasteiger charge is -2.62. The molecule has 4 nitrogen and oxygen atoms in total. The van der Waals surface area contributed by atoms with Gasteiger partial charge in [0.2, 0.25) is 5.91 Å². The monoisotopic (exact) mass is 381 g/mol. The predicted octanol–water partition coefficient (Wildman–Crippen LogP) is 3.60. The Kier molecular flexibility index (Phi) is 4.75. The summed E-state index contributed by atoms with van der Waals surface area (Å²) < 4.78 is 0. The number of carbonyl (C=O) groups excluding carboxylic acids is 1. The fraction of sp³-hybridized carbons (Fsp3) is 0.708. The Hall–Kier alpha value is -1.39. The highest BCUT2D eigenvalue weighted by atomic mass is 16.2. The predicted molar refractivity (Wildman–Crippen MR) is 112 cm³/mol.